The molecule has 0 saturated carbocycles. The molecule has 1 unspecified atom stereocenters. The zero-order chi connectivity index (χ0) is 12.5. The maximum absolute atomic E-state index is 3.93. The van der Waals surface area contributed by atoms with Gasteiger partial charge in [0.15, 0.2) is 0 Å². The zero-order valence-corrected chi connectivity index (χ0v) is 11.4. The predicted molar refractivity (Wildman–Crippen MR) is 78.3 cm³/mol. The van der Waals surface area contributed by atoms with E-state index in [9.17, 15) is 0 Å². The third-order valence-corrected chi connectivity index (χ3v) is 3.45. The highest BCUT2D eigenvalue weighted by Gasteiger charge is 2.12. The molecule has 0 saturated heterocycles. The Kier molecular flexibility index (Phi) is 6.69. The van der Waals surface area contributed by atoms with Crippen LogP contribution in [0, 0.1) is 0 Å². The minimum atomic E-state index is 0.723. The number of rotatable bonds is 8. The Morgan fingerprint density at radius 2 is 1.82 bits per heavy atom. The molecular weight excluding hydrogens is 204 g/mol. The molecule has 0 aromatic heterocycles. The van der Waals surface area contributed by atoms with Crippen molar-refractivity contribution in [1.29, 1.82) is 0 Å². The normalized spacial score (nSPS) is 12.4. The van der Waals surface area contributed by atoms with E-state index < -0.39 is 0 Å². The molecule has 0 aliphatic heterocycles. The molecule has 0 heteroatoms. The number of hydrogen-bond donors (Lipinski definition) is 0. The maximum atomic E-state index is 3.93. The molecule has 0 spiro atoms. The highest BCUT2D eigenvalue weighted by Crippen LogP contribution is 2.30. The van der Waals surface area contributed by atoms with Gasteiger partial charge in [0.1, 0.15) is 0 Å². The van der Waals surface area contributed by atoms with E-state index in [2.05, 4.69) is 44.7 Å². The zero-order valence-electron chi connectivity index (χ0n) is 11.4. The van der Waals surface area contributed by atoms with Crippen LogP contribution < -0.4 is 0 Å². The first-order valence-electron chi connectivity index (χ1n) is 7.04. The van der Waals surface area contributed by atoms with Crippen molar-refractivity contribution < 1.29 is 0 Å². The van der Waals surface area contributed by atoms with E-state index in [0.717, 1.165) is 5.92 Å². The van der Waals surface area contributed by atoms with Crippen LogP contribution in [0.4, 0.5) is 0 Å². The SMILES string of the molecule is C=Cc1ccccc1C(CCC)CCCCC. The van der Waals surface area contributed by atoms with E-state index in [-0.39, 0.29) is 0 Å². The average molecular weight is 230 g/mol. The van der Waals surface area contributed by atoms with Crippen molar-refractivity contribution in [2.75, 3.05) is 0 Å². The van der Waals surface area contributed by atoms with Gasteiger partial charge in [0.25, 0.3) is 0 Å². The van der Waals surface area contributed by atoms with Gasteiger partial charge in [-0.3, -0.25) is 0 Å². The first-order chi connectivity index (χ1) is 8.33. The largest absolute Gasteiger partial charge is 0.0985 e. The lowest BCUT2D eigenvalue weighted by atomic mass is 9.86. The molecule has 0 nitrogen and oxygen atoms in total. The van der Waals surface area contributed by atoms with Crippen LogP contribution in [-0.4, -0.2) is 0 Å². The van der Waals surface area contributed by atoms with E-state index in [1.165, 1.54) is 49.7 Å². The molecular formula is C17H26. The molecule has 17 heavy (non-hydrogen) atoms. The molecule has 0 heterocycles. The summed E-state index contributed by atoms with van der Waals surface area (Å²) >= 11 is 0. The van der Waals surface area contributed by atoms with Crippen LogP contribution in [0.3, 0.4) is 0 Å². The molecule has 0 aliphatic rings. The van der Waals surface area contributed by atoms with Crippen LogP contribution in [-0.2, 0) is 0 Å². The maximum Gasteiger partial charge on any atom is -0.0156 e. The summed E-state index contributed by atoms with van der Waals surface area (Å²) in [6, 6.07) is 8.73. The van der Waals surface area contributed by atoms with Crippen molar-refractivity contribution in [3.8, 4) is 0 Å². The monoisotopic (exact) mass is 230 g/mol. The molecule has 0 aliphatic carbocycles. The van der Waals surface area contributed by atoms with Crippen LogP contribution in [0.2, 0.25) is 0 Å². The standard InChI is InChI=1S/C17H26/c1-4-7-8-13-16(11-5-2)17-14-10-9-12-15(17)6-3/h6,9-10,12,14,16H,3-5,7-8,11,13H2,1-2H3. The minimum absolute atomic E-state index is 0.723. The van der Waals surface area contributed by atoms with Gasteiger partial charge in [0.05, 0.1) is 0 Å². The summed E-state index contributed by atoms with van der Waals surface area (Å²) in [5, 5.41) is 0. The Morgan fingerprint density at radius 3 is 2.47 bits per heavy atom. The predicted octanol–water partition coefficient (Wildman–Crippen LogP) is 5.79. The molecule has 1 atom stereocenters. The number of hydrogen-bond acceptors (Lipinski definition) is 0. The van der Waals surface area contributed by atoms with Gasteiger partial charge in [-0.2, -0.15) is 0 Å². The van der Waals surface area contributed by atoms with Crippen molar-refractivity contribution in [3.63, 3.8) is 0 Å². The van der Waals surface area contributed by atoms with E-state index in [1.807, 2.05) is 6.08 Å². The van der Waals surface area contributed by atoms with Gasteiger partial charge < -0.3 is 0 Å². The number of benzene rings is 1. The van der Waals surface area contributed by atoms with Crippen LogP contribution in [0.1, 0.15) is 69.4 Å². The Balaban J connectivity index is 2.76. The van der Waals surface area contributed by atoms with Crippen LogP contribution in [0.5, 0.6) is 0 Å². The fourth-order valence-electron chi connectivity index (χ4n) is 2.51. The highest BCUT2D eigenvalue weighted by molar-refractivity contribution is 5.52. The molecule has 0 bridgehead atoms. The molecule has 0 amide bonds. The Bertz CT molecular complexity index is 325. The summed E-state index contributed by atoms with van der Waals surface area (Å²) in [5.74, 6) is 0.723. The van der Waals surface area contributed by atoms with Crippen molar-refractivity contribution in [2.45, 2.75) is 58.3 Å². The first kappa shape index (κ1) is 14.0. The van der Waals surface area contributed by atoms with Gasteiger partial charge in [-0.25, -0.2) is 0 Å². The molecule has 94 valence electrons. The second-order valence-electron chi connectivity index (χ2n) is 4.81. The molecule has 1 aromatic rings. The van der Waals surface area contributed by atoms with E-state index in [0.29, 0.717) is 0 Å². The van der Waals surface area contributed by atoms with Crippen LogP contribution in [0.25, 0.3) is 6.08 Å². The van der Waals surface area contributed by atoms with E-state index >= 15 is 0 Å². The van der Waals surface area contributed by atoms with Crippen molar-refractivity contribution >= 4 is 6.08 Å². The fourth-order valence-corrected chi connectivity index (χ4v) is 2.51. The fraction of sp³-hybridized carbons (Fsp3) is 0.529. The van der Waals surface area contributed by atoms with Gasteiger partial charge in [-0.1, -0.05) is 76.5 Å². The first-order valence-corrected chi connectivity index (χ1v) is 7.04. The summed E-state index contributed by atoms with van der Waals surface area (Å²) in [5.41, 5.74) is 2.82. The van der Waals surface area contributed by atoms with Gasteiger partial charge in [-0.15, -0.1) is 0 Å². The topological polar surface area (TPSA) is 0 Å². The van der Waals surface area contributed by atoms with Crippen LogP contribution in [0.15, 0.2) is 30.8 Å². The summed E-state index contributed by atoms with van der Waals surface area (Å²) in [6.07, 6.45) is 9.91. The van der Waals surface area contributed by atoms with Crippen molar-refractivity contribution in [1.82, 2.24) is 0 Å². The van der Waals surface area contributed by atoms with Crippen LogP contribution >= 0.6 is 0 Å². The van der Waals surface area contributed by atoms with Gasteiger partial charge >= 0.3 is 0 Å². The third-order valence-electron chi connectivity index (χ3n) is 3.45. The second kappa shape index (κ2) is 8.11. The molecule has 1 rings (SSSR count). The number of unbranched alkanes of at least 4 members (excludes halogenated alkanes) is 2. The Labute approximate surface area is 107 Å². The summed E-state index contributed by atoms with van der Waals surface area (Å²) in [4.78, 5) is 0. The third kappa shape index (κ3) is 4.38. The lowest BCUT2D eigenvalue weighted by Crippen LogP contribution is -2.01. The summed E-state index contributed by atoms with van der Waals surface area (Å²) in [6.45, 7) is 8.48. The Morgan fingerprint density at radius 1 is 1.06 bits per heavy atom. The second-order valence-corrected chi connectivity index (χ2v) is 4.81. The van der Waals surface area contributed by atoms with Gasteiger partial charge in [0.2, 0.25) is 0 Å². The smallest absolute Gasteiger partial charge is 0.0156 e. The minimum Gasteiger partial charge on any atom is -0.0985 e. The molecule has 0 N–H and O–H groups in total. The van der Waals surface area contributed by atoms with E-state index in [1.54, 1.807) is 0 Å². The Hall–Kier alpha value is -1.04. The van der Waals surface area contributed by atoms with Gasteiger partial charge in [-0.05, 0) is 29.9 Å². The lowest BCUT2D eigenvalue weighted by molar-refractivity contribution is 0.528. The lowest BCUT2D eigenvalue weighted by Gasteiger charge is -2.19. The average Bonchev–Trinajstić information content (AvgIpc) is 2.38. The molecule has 0 radical (unpaired) electrons. The van der Waals surface area contributed by atoms with Gasteiger partial charge in [0, 0.05) is 0 Å². The molecule has 0 fully saturated rings. The van der Waals surface area contributed by atoms with Crippen molar-refractivity contribution in [3.05, 3.63) is 42.0 Å². The summed E-state index contributed by atoms with van der Waals surface area (Å²) in [7, 11) is 0. The highest BCUT2D eigenvalue weighted by atomic mass is 14.2. The molecule has 1 aromatic carbocycles. The van der Waals surface area contributed by atoms with Crippen molar-refractivity contribution in [2.24, 2.45) is 0 Å². The quantitative estimate of drug-likeness (QED) is 0.495. The summed E-state index contributed by atoms with van der Waals surface area (Å²) < 4.78 is 0. The van der Waals surface area contributed by atoms with E-state index in [4.69, 9.17) is 0 Å².